The largest absolute Gasteiger partial charge is 0.489 e. The maximum absolute atomic E-state index is 12.6. The van der Waals surface area contributed by atoms with Crippen LogP contribution in [0.2, 0.25) is 5.02 Å². The number of ether oxygens (including phenoxy) is 1. The SMILES string of the molecule is Cc1noc(C)c1COc1ccc(C(=O)Nc2ccc(N3CCCC3=O)c(Cl)c2)cc1. The lowest BCUT2D eigenvalue weighted by molar-refractivity contribution is -0.117. The van der Waals surface area contributed by atoms with Gasteiger partial charge in [0, 0.05) is 24.2 Å². The Balaban J connectivity index is 1.38. The molecule has 0 spiro atoms. The van der Waals surface area contributed by atoms with E-state index in [0.29, 0.717) is 47.3 Å². The van der Waals surface area contributed by atoms with Crippen LogP contribution in [0.5, 0.6) is 5.75 Å². The molecule has 1 aliphatic rings. The Hall–Kier alpha value is -3.32. The third-order valence-electron chi connectivity index (χ3n) is 5.25. The monoisotopic (exact) mass is 439 g/mol. The second kappa shape index (κ2) is 8.81. The summed E-state index contributed by atoms with van der Waals surface area (Å²) in [4.78, 5) is 26.2. The molecule has 4 rings (SSSR count). The van der Waals surface area contributed by atoms with Crippen molar-refractivity contribution in [3.63, 3.8) is 0 Å². The van der Waals surface area contributed by atoms with Crippen molar-refractivity contribution >= 4 is 34.8 Å². The van der Waals surface area contributed by atoms with Gasteiger partial charge in [-0.25, -0.2) is 0 Å². The van der Waals surface area contributed by atoms with Gasteiger partial charge in [0.05, 0.1) is 22.0 Å². The molecule has 2 heterocycles. The van der Waals surface area contributed by atoms with Crippen molar-refractivity contribution in [2.24, 2.45) is 0 Å². The first kappa shape index (κ1) is 20.9. The van der Waals surface area contributed by atoms with Crippen molar-refractivity contribution in [2.75, 3.05) is 16.8 Å². The van der Waals surface area contributed by atoms with Crippen LogP contribution in [0.25, 0.3) is 0 Å². The Labute approximate surface area is 184 Å². The molecule has 0 saturated carbocycles. The molecule has 31 heavy (non-hydrogen) atoms. The van der Waals surface area contributed by atoms with E-state index in [1.807, 2.05) is 13.8 Å². The summed E-state index contributed by atoms with van der Waals surface area (Å²) in [5, 5.41) is 7.16. The average molecular weight is 440 g/mol. The predicted octanol–water partition coefficient (Wildman–Crippen LogP) is 4.90. The van der Waals surface area contributed by atoms with Crippen molar-refractivity contribution in [3.8, 4) is 5.75 Å². The number of nitrogens with zero attached hydrogens (tertiary/aromatic N) is 2. The Kier molecular flexibility index (Phi) is 5.95. The zero-order valence-electron chi connectivity index (χ0n) is 17.3. The van der Waals surface area contributed by atoms with Crippen LogP contribution >= 0.6 is 11.6 Å². The van der Waals surface area contributed by atoms with Crippen molar-refractivity contribution < 1.29 is 18.8 Å². The van der Waals surface area contributed by atoms with Gasteiger partial charge in [-0.3, -0.25) is 9.59 Å². The van der Waals surface area contributed by atoms with Crippen molar-refractivity contribution in [2.45, 2.75) is 33.3 Å². The highest BCUT2D eigenvalue weighted by molar-refractivity contribution is 6.34. The number of nitrogens with one attached hydrogen (secondary N) is 1. The summed E-state index contributed by atoms with van der Waals surface area (Å²) in [6.07, 6.45) is 1.36. The summed E-state index contributed by atoms with van der Waals surface area (Å²) in [6.45, 7) is 4.71. The predicted molar refractivity (Wildman–Crippen MR) is 118 cm³/mol. The molecule has 2 amide bonds. The van der Waals surface area contributed by atoms with E-state index in [4.69, 9.17) is 20.9 Å². The van der Waals surface area contributed by atoms with E-state index in [1.54, 1.807) is 47.4 Å². The Morgan fingerprint density at radius 3 is 2.61 bits per heavy atom. The van der Waals surface area contributed by atoms with Crippen LogP contribution in [0.4, 0.5) is 11.4 Å². The van der Waals surface area contributed by atoms with E-state index in [-0.39, 0.29) is 11.8 Å². The summed E-state index contributed by atoms with van der Waals surface area (Å²) in [5.41, 5.74) is 3.43. The number of rotatable bonds is 6. The van der Waals surface area contributed by atoms with E-state index in [9.17, 15) is 9.59 Å². The van der Waals surface area contributed by atoms with Gasteiger partial charge in [0.15, 0.2) is 0 Å². The molecular formula is C23H22ClN3O4. The van der Waals surface area contributed by atoms with Crippen LogP contribution in [0.3, 0.4) is 0 Å². The maximum atomic E-state index is 12.6. The molecule has 0 atom stereocenters. The third-order valence-corrected chi connectivity index (χ3v) is 5.55. The number of carbonyl (C=O) groups excluding carboxylic acids is 2. The molecule has 1 aromatic heterocycles. The first-order chi connectivity index (χ1) is 14.9. The van der Waals surface area contributed by atoms with Gasteiger partial charge in [-0.2, -0.15) is 0 Å². The molecule has 0 radical (unpaired) electrons. The number of benzene rings is 2. The Bertz CT molecular complexity index is 1100. The van der Waals surface area contributed by atoms with Crippen LogP contribution in [-0.2, 0) is 11.4 Å². The molecule has 0 aliphatic carbocycles. The molecule has 3 aromatic rings. The molecule has 1 fully saturated rings. The van der Waals surface area contributed by atoms with E-state index in [2.05, 4.69) is 10.5 Å². The second-order valence-corrected chi connectivity index (χ2v) is 7.79. The number of amides is 2. The highest BCUT2D eigenvalue weighted by atomic mass is 35.5. The van der Waals surface area contributed by atoms with Gasteiger partial charge in [0.25, 0.3) is 5.91 Å². The third kappa shape index (κ3) is 4.56. The van der Waals surface area contributed by atoms with Crippen molar-refractivity contribution in [1.29, 1.82) is 0 Å². The van der Waals surface area contributed by atoms with Crippen LogP contribution in [0.15, 0.2) is 47.0 Å². The normalized spacial score (nSPS) is 13.5. The lowest BCUT2D eigenvalue weighted by Gasteiger charge is -2.18. The quantitative estimate of drug-likeness (QED) is 0.590. The smallest absolute Gasteiger partial charge is 0.255 e. The average Bonchev–Trinajstić information content (AvgIpc) is 3.32. The Morgan fingerprint density at radius 2 is 2.00 bits per heavy atom. The number of halogens is 1. The van der Waals surface area contributed by atoms with Crippen molar-refractivity contribution in [1.82, 2.24) is 5.16 Å². The van der Waals surface area contributed by atoms with Crippen LogP contribution in [0, 0.1) is 13.8 Å². The van der Waals surface area contributed by atoms with Gasteiger partial charge in [-0.1, -0.05) is 16.8 Å². The summed E-state index contributed by atoms with van der Waals surface area (Å²) in [5.74, 6) is 1.17. The van der Waals surface area contributed by atoms with E-state index in [1.165, 1.54) is 0 Å². The molecule has 2 aromatic carbocycles. The standard InChI is InChI=1S/C23H22ClN3O4/c1-14-19(15(2)31-26-14)13-30-18-8-5-16(6-9-18)23(29)25-17-7-10-21(20(24)12-17)27-11-3-4-22(27)28/h5-10,12H,3-4,11,13H2,1-2H3,(H,25,29). The molecule has 1 aliphatic heterocycles. The zero-order chi connectivity index (χ0) is 22.0. The fraction of sp³-hybridized carbons (Fsp3) is 0.261. The maximum Gasteiger partial charge on any atom is 0.255 e. The Morgan fingerprint density at radius 1 is 1.23 bits per heavy atom. The molecular weight excluding hydrogens is 418 g/mol. The summed E-state index contributed by atoms with van der Waals surface area (Å²) in [6, 6.07) is 12.0. The minimum absolute atomic E-state index is 0.0651. The van der Waals surface area contributed by atoms with Crippen molar-refractivity contribution in [3.05, 3.63) is 70.1 Å². The highest BCUT2D eigenvalue weighted by Gasteiger charge is 2.23. The van der Waals surface area contributed by atoms with Crippen LogP contribution < -0.4 is 15.0 Å². The molecule has 160 valence electrons. The number of hydrogen-bond acceptors (Lipinski definition) is 5. The molecule has 7 nitrogen and oxygen atoms in total. The first-order valence-electron chi connectivity index (χ1n) is 9.98. The van der Waals surface area contributed by atoms with E-state index >= 15 is 0 Å². The minimum atomic E-state index is -0.265. The summed E-state index contributed by atoms with van der Waals surface area (Å²) in [7, 11) is 0. The fourth-order valence-corrected chi connectivity index (χ4v) is 3.76. The molecule has 0 unspecified atom stereocenters. The zero-order valence-corrected chi connectivity index (χ0v) is 18.0. The van der Waals surface area contributed by atoms with Gasteiger partial charge in [0.2, 0.25) is 5.91 Å². The lowest BCUT2D eigenvalue weighted by Crippen LogP contribution is -2.24. The number of hydrogen-bond donors (Lipinski definition) is 1. The van der Waals surface area contributed by atoms with Crippen LogP contribution in [0.1, 0.15) is 40.2 Å². The first-order valence-corrected chi connectivity index (χ1v) is 10.4. The number of anilines is 2. The fourth-order valence-electron chi connectivity index (χ4n) is 3.48. The van der Waals surface area contributed by atoms with E-state index in [0.717, 1.165) is 23.4 Å². The number of carbonyl (C=O) groups is 2. The van der Waals surface area contributed by atoms with Crippen LogP contribution in [-0.4, -0.2) is 23.5 Å². The lowest BCUT2D eigenvalue weighted by atomic mass is 10.2. The number of aryl methyl sites for hydroxylation is 2. The van der Waals surface area contributed by atoms with Gasteiger partial charge < -0.3 is 19.5 Å². The van der Waals surface area contributed by atoms with Gasteiger partial charge in [-0.05, 0) is 62.7 Å². The second-order valence-electron chi connectivity index (χ2n) is 7.39. The van der Waals surface area contributed by atoms with Gasteiger partial charge >= 0.3 is 0 Å². The molecule has 0 bridgehead atoms. The minimum Gasteiger partial charge on any atom is -0.489 e. The number of aromatic nitrogens is 1. The topological polar surface area (TPSA) is 84.7 Å². The van der Waals surface area contributed by atoms with Gasteiger partial charge in [-0.15, -0.1) is 0 Å². The molecule has 1 saturated heterocycles. The van der Waals surface area contributed by atoms with E-state index < -0.39 is 0 Å². The molecule has 1 N–H and O–H groups in total. The highest BCUT2D eigenvalue weighted by Crippen LogP contribution is 2.32. The van der Waals surface area contributed by atoms with Gasteiger partial charge in [0.1, 0.15) is 18.1 Å². The summed E-state index contributed by atoms with van der Waals surface area (Å²) >= 11 is 6.35. The molecule has 8 heteroatoms. The summed E-state index contributed by atoms with van der Waals surface area (Å²) < 4.78 is 10.9.